The molecule has 0 spiro atoms. The van der Waals surface area contributed by atoms with Crippen LogP contribution in [0.3, 0.4) is 0 Å². The number of rotatable bonds is 4. The summed E-state index contributed by atoms with van der Waals surface area (Å²) in [5, 5.41) is 10.6. The Morgan fingerprint density at radius 2 is 1.73 bits per heavy atom. The number of hydrogen-bond acceptors (Lipinski definition) is 3. The van der Waals surface area contributed by atoms with Gasteiger partial charge in [0.05, 0.1) is 17.1 Å². The van der Waals surface area contributed by atoms with Crippen LogP contribution in [0.5, 0.6) is 0 Å². The summed E-state index contributed by atoms with van der Waals surface area (Å²) in [7, 11) is 0. The standard InChI is InChI=1S/C18H19NO2S/c20-17-13-22-16(18(21)15-9-5-2-6-10-15)12-19(17)11-14-7-3-1-4-8-14/h1-10,16,18,21H,11-13H2/t16-,18+/m0/s1. The van der Waals surface area contributed by atoms with Crippen LogP contribution in [0.4, 0.5) is 0 Å². The van der Waals surface area contributed by atoms with Crippen LogP contribution in [0, 0.1) is 0 Å². The molecule has 0 unspecified atom stereocenters. The van der Waals surface area contributed by atoms with Crippen molar-refractivity contribution in [3.8, 4) is 0 Å². The lowest BCUT2D eigenvalue weighted by molar-refractivity contribution is -0.129. The second-order valence-corrected chi connectivity index (χ2v) is 6.69. The van der Waals surface area contributed by atoms with E-state index in [1.54, 1.807) is 11.8 Å². The number of thioether (sulfide) groups is 1. The molecule has 0 saturated carbocycles. The lowest BCUT2D eigenvalue weighted by atomic mass is 10.1. The summed E-state index contributed by atoms with van der Waals surface area (Å²) < 4.78 is 0. The first kappa shape index (κ1) is 15.1. The second-order valence-electron chi connectivity index (χ2n) is 5.46. The SMILES string of the molecule is O=C1CS[C@H]([C@H](O)c2ccccc2)CN1Cc1ccccc1. The average Bonchev–Trinajstić information content (AvgIpc) is 2.58. The Kier molecular flexibility index (Phi) is 4.80. The molecular weight excluding hydrogens is 294 g/mol. The summed E-state index contributed by atoms with van der Waals surface area (Å²) in [6, 6.07) is 19.7. The van der Waals surface area contributed by atoms with Crippen LogP contribution in [-0.4, -0.2) is 33.5 Å². The topological polar surface area (TPSA) is 40.5 Å². The van der Waals surface area contributed by atoms with Crippen LogP contribution in [-0.2, 0) is 11.3 Å². The van der Waals surface area contributed by atoms with E-state index in [0.29, 0.717) is 18.8 Å². The van der Waals surface area contributed by atoms with Gasteiger partial charge in [0, 0.05) is 13.1 Å². The van der Waals surface area contributed by atoms with Gasteiger partial charge in [-0.25, -0.2) is 0 Å². The van der Waals surface area contributed by atoms with E-state index < -0.39 is 6.10 Å². The summed E-state index contributed by atoms with van der Waals surface area (Å²) in [5.74, 6) is 0.576. The number of carbonyl (C=O) groups excluding carboxylic acids is 1. The molecule has 0 aliphatic carbocycles. The van der Waals surface area contributed by atoms with Gasteiger partial charge < -0.3 is 10.0 Å². The molecule has 3 rings (SSSR count). The van der Waals surface area contributed by atoms with Crippen molar-refractivity contribution < 1.29 is 9.90 Å². The zero-order valence-electron chi connectivity index (χ0n) is 12.3. The maximum atomic E-state index is 12.1. The number of amides is 1. The molecule has 0 bridgehead atoms. The van der Waals surface area contributed by atoms with E-state index in [-0.39, 0.29) is 11.2 Å². The van der Waals surface area contributed by atoms with Crippen molar-refractivity contribution in [2.24, 2.45) is 0 Å². The van der Waals surface area contributed by atoms with Crippen LogP contribution in [0.25, 0.3) is 0 Å². The van der Waals surface area contributed by atoms with Crippen molar-refractivity contribution in [3.63, 3.8) is 0 Å². The van der Waals surface area contributed by atoms with E-state index in [9.17, 15) is 9.90 Å². The third kappa shape index (κ3) is 3.51. The highest BCUT2D eigenvalue weighted by Crippen LogP contribution is 2.31. The Balaban J connectivity index is 1.69. The quantitative estimate of drug-likeness (QED) is 0.943. The number of carbonyl (C=O) groups is 1. The largest absolute Gasteiger partial charge is 0.387 e. The fraction of sp³-hybridized carbons (Fsp3) is 0.278. The monoisotopic (exact) mass is 313 g/mol. The van der Waals surface area contributed by atoms with E-state index >= 15 is 0 Å². The van der Waals surface area contributed by atoms with Crippen LogP contribution in [0.1, 0.15) is 17.2 Å². The predicted octanol–water partition coefficient (Wildman–Crippen LogP) is 2.86. The molecule has 1 fully saturated rings. The number of nitrogens with zero attached hydrogens (tertiary/aromatic N) is 1. The van der Waals surface area contributed by atoms with Gasteiger partial charge in [-0.2, -0.15) is 0 Å². The molecule has 4 heteroatoms. The molecular formula is C18H19NO2S. The smallest absolute Gasteiger partial charge is 0.232 e. The molecule has 1 heterocycles. The molecule has 22 heavy (non-hydrogen) atoms. The summed E-state index contributed by atoms with van der Waals surface area (Å²) >= 11 is 1.55. The van der Waals surface area contributed by atoms with Crippen molar-refractivity contribution in [2.45, 2.75) is 17.9 Å². The van der Waals surface area contributed by atoms with E-state index in [2.05, 4.69) is 0 Å². The van der Waals surface area contributed by atoms with Gasteiger partial charge in [-0.05, 0) is 11.1 Å². The van der Waals surface area contributed by atoms with E-state index in [0.717, 1.165) is 11.1 Å². The zero-order valence-corrected chi connectivity index (χ0v) is 13.1. The molecule has 1 saturated heterocycles. The Hall–Kier alpha value is -1.78. The first-order chi connectivity index (χ1) is 10.7. The zero-order chi connectivity index (χ0) is 15.4. The van der Waals surface area contributed by atoms with Gasteiger partial charge in [-0.3, -0.25) is 4.79 Å². The summed E-state index contributed by atoms with van der Waals surface area (Å²) in [6.45, 7) is 1.19. The summed E-state index contributed by atoms with van der Waals surface area (Å²) in [5.41, 5.74) is 2.03. The fourth-order valence-corrected chi connectivity index (χ4v) is 3.82. The van der Waals surface area contributed by atoms with Crippen LogP contribution in [0.2, 0.25) is 0 Å². The lowest BCUT2D eigenvalue weighted by Crippen LogP contribution is -2.43. The van der Waals surface area contributed by atoms with Crippen molar-refractivity contribution in [1.29, 1.82) is 0 Å². The van der Waals surface area contributed by atoms with Crippen LogP contribution < -0.4 is 0 Å². The number of benzene rings is 2. The number of aliphatic hydroxyl groups excluding tert-OH is 1. The minimum Gasteiger partial charge on any atom is -0.387 e. The second kappa shape index (κ2) is 6.99. The Bertz CT molecular complexity index is 617. The molecule has 3 nitrogen and oxygen atoms in total. The Morgan fingerprint density at radius 3 is 2.41 bits per heavy atom. The van der Waals surface area contributed by atoms with E-state index in [1.807, 2.05) is 65.6 Å². The van der Waals surface area contributed by atoms with Gasteiger partial charge in [-0.1, -0.05) is 60.7 Å². The summed E-state index contributed by atoms with van der Waals surface area (Å²) in [6.07, 6.45) is -0.544. The van der Waals surface area contributed by atoms with Gasteiger partial charge in [0.25, 0.3) is 0 Å². The third-order valence-corrected chi connectivity index (χ3v) is 5.13. The molecule has 0 radical (unpaired) electrons. The molecule has 1 N–H and O–H groups in total. The molecule has 1 aliphatic rings. The Labute approximate surface area is 135 Å². The molecule has 2 aromatic carbocycles. The highest BCUT2D eigenvalue weighted by atomic mass is 32.2. The van der Waals surface area contributed by atoms with Gasteiger partial charge >= 0.3 is 0 Å². The van der Waals surface area contributed by atoms with Gasteiger partial charge in [0.1, 0.15) is 0 Å². The lowest BCUT2D eigenvalue weighted by Gasteiger charge is -2.34. The fourth-order valence-electron chi connectivity index (χ4n) is 2.65. The normalized spacial score (nSPS) is 20.0. The Morgan fingerprint density at radius 1 is 1.09 bits per heavy atom. The van der Waals surface area contributed by atoms with E-state index in [4.69, 9.17) is 0 Å². The maximum absolute atomic E-state index is 12.1. The highest BCUT2D eigenvalue weighted by Gasteiger charge is 2.31. The molecule has 114 valence electrons. The minimum absolute atomic E-state index is 0.0174. The van der Waals surface area contributed by atoms with E-state index in [1.165, 1.54) is 0 Å². The maximum Gasteiger partial charge on any atom is 0.232 e. The highest BCUT2D eigenvalue weighted by molar-refractivity contribution is 8.00. The van der Waals surface area contributed by atoms with Crippen molar-refractivity contribution in [3.05, 3.63) is 71.8 Å². The number of hydrogen-bond donors (Lipinski definition) is 1. The molecule has 2 aromatic rings. The van der Waals surface area contributed by atoms with Gasteiger partial charge in [0.15, 0.2) is 0 Å². The van der Waals surface area contributed by atoms with Crippen LogP contribution >= 0.6 is 11.8 Å². The molecule has 1 amide bonds. The van der Waals surface area contributed by atoms with Gasteiger partial charge in [-0.15, -0.1) is 11.8 Å². The van der Waals surface area contributed by atoms with Crippen molar-refractivity contribution in [2.75, 3.05) is 12.3 Å². The number of aliphatic hydroxyl groups is 1. The molecule has 1 aliphatic heterocycles. The first-order valence-electron chi connectivity index (χ1n) is 7.40. The molecule has 2 atom stereocenters. The predicted molar refractivity (Wildman–Crippen MR) is 89.5 cm³/mol. The van der Waals surface area contributed by atoms with Crippen molar-refractivity contribution in [1.82, 2.24) is 4.90 Å². The summed E-state index contributed by atoms with van der Waals surface area (Å²) in [4.78, 5) is 14.0. The van der Waals surface area contributed by atoms with Gasteiger partial charge in [0.2, 0.25) is 5.91 Å². The minimum atomic E-state index is -0.544. The third-order valence-electron chi connectivity index (χ3n) is 3.88. The average molecular weight is 313 g/mol. The van der Waals surface area contributed by atoms with Crippen LogP contribution in [0.15, 0.2) is 60.7 Å². The molecule has 0 aromatic heterocycles. The first-order valence-corrected chi connectivity index (χ1v) is 8.45. The van der Waals surface area contributed by atoms with Crippen molar-refractivity contribution >= 4 is 17.7 Å².